The van der Waals surface area contributed by atoms with Crippen LogP contribution in [-0.4, -0.2) is 54.6 Å². The maximum Gasteiger partial charge on any atom is 0.313 e. The van der Waals surface area contributed by atoms with E-state index in [0.29, 0.717) is 31.9 Å². The van der Waals surface area contributed by atoms with E-state index in [-0.39, 0.29) is 6.79 Å². The number of piperazine rings is 1. The molecule has 28 heavy (non-hydrogen) atoms. The highest BCUT2D eigenvalue weighted by Crippen LogP contribution is 2.32. The normalized spacial score (nSPS) is 16.1. The zero-order valence-corrected chi connectivity index (χ0v) is 16.8. The predicted octanol–water partition coefficient (Wildman–Crippen LogP) is 2.46. The van der Waals surface area contributed by atoms with Gasteiger partial charge in [0.1, 0.15) is 0 Å². The van der Waals surface area contributed by atoms with Crippen LogP contribution in [0, 0.1) is 0 Å². The molecule has 2 aromatic rings. The molecule has 1 fully saturated rings. The predicted molar refractivity (Wildman–Crippen MR) is 107 cm³/mol. The Labute approximate surface area is 171 Å². The number of carbonyl (C=O) groups excluding carboxylic acids is 2. The first-order valence-corrected chi connectivity index (χ1v) is 9.84. The largest absolute Gasteiger partial charge is 0.454 e. The number of amides is 2. The lowest BCUT2D eigenvalue weighted by Gasteiger charge is -2.34. The molecule has 0 atom stereocenters. The molecule has 0 radical (unpaired) electrons. The molecule has 0 bridgehead atoms. The van der Waals surface area contributed by atoms with Crippen LogP contribution in [0.4, 0.5) is 5.69 Å². The summed E-state index contributed by atoms with van der Waals surface area (Å²) < 4.78 is 11.6. The zero-order valence-electron chi connectivity index (χ0n) is 15.2. The third-order valence-corrected chi connectivity index (χ3v) is 5.27. The number of nitrogens with one attached hydrogen (secondary N) is 1. The van der Waals surface area contributed by atoms with E-state index in [2.05, 4.69) is 26.1 Å². The molecule has 2 aliphatic rings. The SMILES string of the molecule is O=C(Nc1cccc(Br)c1)C(=O)N1CCN(Cc2ccc3c(c2)OCO3)CC1. The maximum atomic E-state index is 12.4. The lowest BCUT2D eigenvalue weighted by atomic mass is 10.1. The van der Waals surface area contributed by atoms with Gasteiger partial charge in [-0.25, -0.2) is 0 Å². The molecular formula is C20H20BrN3O4. The fourth-order valence-electron chi connectivity index (χ4n) is 3.30. The summed E-state index contributed by atoms with van der Waals surface area (Å²) in [6.45, 7) is 3.50. The Balaban J connectivity index is 1.28. The molecule has 8 heteroatoms. The fraction of sp³-hybridized carbons (Fsp3) is 0.300. The Hall–Kier alpha value is -2.58. The molecule has 4 rings (SSSR count). The van der Waals surface area contributed by atoms with Gasteiger partial charge in [-0.05, 0) is 35.9 Å². The summed E-state index contributed by atoms with van der Waals surface area (Å²) in [4.78, 5) is 28.5. The van der Waals surface area contributed by atoms with Crippen LogP contribution in [0.5, 0.6) is 11.5 Å². The van der Waals surface area contributed by atoms with Crippen LogP contribution < -0.4 is 14.8 Å². The van der Waals surface area contributed by atoms with E-state index in [1.54, 1.807) is 23.1 Å². The summed E-state index contributed by atoms with van der Waals surface area (Å²) >= 11 is 3.35. The Morgan fingerprint density at radius 1 is 1.00 bits per heavy atom. The first kappa shape index (κ1) is 18.8. The van der Waals surface area contributed by atoms with Crippen molar-refractivity contribution in [1.29, 1.82) is 0 Å². The highest BCUT2D eigenvalue weighted by molar-refractivity contribution is 9.10. The van der Waals surface area contributed by atoms with Crippen molar-refractivity contribution in [2.45, 2.75) is 6.54 Å². The van der Waals surface area contributed by atoms with Crippen LogP contribution in [0.3, 0.4) is 0 Å². The summed E-state index contributed by atoms with van der Waals surface area (Å²) in [6, 6.07) is 13.1. The molecular weight excluding hydrogens is 426 g/mol. The minimum atomic E-state index is -0.609. The van der Waals surface area contributed by atoms with Crippen LogP contribution in [-0.2, 0) is 16.1 Å². The Bertz CT molecular complexity index is 897. The van der Waals surface area contributed by atoms with E-state index in [1.165, 1.54) is 0 Å². The maximum absolute atomic E-state index is 12.4. The number of ether oxygens (including phenoxy) is 2. The molecule has 0 aliphatic carbocycles. The molecule has 1 N–H and O–H groups in total. The Morgan fingerprint density at radius 3 is 2.57 bits per heavy atom. The van der Waals surface area contributed by atoms with Crippen molar-refractivity contribution in [3.05, 3.63) is 52.5 Å². The van der Waals surface area contributed by atoms with Crippen LogP contribution in [0.1, 0.15) is 5.56 Å². The lowest BCUT2D eigenvalue weighted by Crippen LogP contribution is -2.51. The van der Waals surface area contributed by atoms with E-state index in [1.807, 2.05) is 24.3 Å². The molecule has 1 saturated heterocycles. The molecule has 2 heterocycles. The summed E-state index contributed by atoms with van der Waals surface area (Å²) in [7, 11) is 0. The second-order valence-electron chi connectivity index (χ2n) is 6.72. The van der Waals surface area contributed by atoms with Crippen LogP contribution in [0.2, 0.25) is 0 Å². The number of fused-ring (bicyclic) bond motifs is 1. The standard InChI is InChI=1S/C20H20BrN3O4/c21-15-2-1-3-16(11-15)22-19(25)20(26)24-8-6-23(7-9-24)12-14-4-5-17-18(10-14)28-13-27-17/h1-5,10-11H,6-9,12-13H2,(H,22,25). The van der Waals surface area contributed by atoms with Gasteiger partial charge in [-0.15, -0.1) is 0 Å². The van der Waals surface area contributed by atoms with Crippen molar-refractivity contribution >= 4 is 33.4 Å². The zero-order chi connectivity index (χ0) is 19.5. The molecule has 7 nitrogen and oxygen atoms in total. The first-order valence-electron chi connectivity index (χ1n) is 9.05. The number of halogens is 1. The van der Waals surface area contributed by atoms with Gasteiger partial charge in [0.25, 0.3) is 0 Å². The fourth-order valence-corrected chi connectivity index (χ4v) is 3.70. The summed E-state index contributed by atoms with van der Waals surface area (Å²) in [5.74, 6) is 0.441. The molecule has 0 aromatic heterocycles. The molecule has 0 saturated carbocycles. The average molecular weight is 446 g/mol. The summed E-state index contributed by atoms with van der Waals surface area (Å²) in [5.41, 5.74) is 1.73. The smallest absolute Gasteiger partial charge is 0.313 e. The second kappa shape index (κ2) is 8.20. The number of rotatable bonds is 3. The minimum absolute atomic E-state index is 0.265. The molecule has 0 unspecified atom stereocenters. The van der Waals surface area contributed by atoms with E-state index in [4.69, 9.17) is 9.47 Å². The number of anilines is 1. The van der Waals surface area contributed by atoms with Gasteiger partial charge in [0.15, 0.2) is 11.5 Å². The van der Waals surface area contributed by atoms with E-state index in [0.717, 1.165) is 28.1 Å². The van der Waals surface area contributed by atoms with Crippen molar-refractivity contribution in [2.75, 3.05) is 38.3 Å². The van der Waals surface area contributed by atoms with Crippen molar-refractivity contribution in [1.82, 2.24) is 9.80 Å². The highest BCUT2D eigenvalue weighted by Gasteiger charge is 2.26. The van der Waals surface area contributed by atoms with E-state index in [9.17, 15) is 9.59 Å². The third kappa shape index (κ3) is 4.28. The van der Waals surface area contributed by atoms with Gasteiger partial charge in [0.05, 0.1) is 0 Å². The van der Waals surface area contributed by atoms with Gasteiger partial charge in [-0.2, -0.15) is 0 Å². The van der Waals surface area contributed by atoms with Crippen LogP contribution in [0.15, 0.2) is 46.9 Å². The highest BCUT2D eigenvalue weighted by atomic mass is 79.9. The number of carbonyl (C=O) groups is 2. The van der Waals surface area contributed by atoms with Gasteiger partial charge in [0, 0.05) is 42.9 Å². The third-order valence-electron chi connectivity index (χ3n) is 4.78. The van der Waals surface area contributed by atoms with Crippen molar-refractivity contribution in [3.63, 3.8) is 0 Å². The molecule has 0 spiro atoms. The number of hydrogen-bond donors (Lipinski definition) is 1. The van der Waals surface area contributed by atoms with Gasteiger partial charge >= 0.3 is 11.8 Å². The quantitative estimate of drug-likeness (QED) is 0.734. The number of benzene rings is 2. The Morgan fingerprint density at radius 2 is 1.79 bits per heavy atom. The summed E-state index contributed by atoms with van der Waals surface area (Å²) in [5, 5.41) is 2.66. The number of hydrogen-bond acceptors (Lipinski definition) is 5. The van der Waals surface area contributed by atoms with E-state index < -0.39 is 11.8 Å². The lowest BCUT2D eigenvalue weighted by molar-refractivity contribution is -0.144. The monoisotopic (exact) mass is 445 g/mol. The molecule has 2 aromatic carbocycles. The van der Waals surface area contributed by atoms with Crippen LogP contribution in [0.25, 0.3) is 0 Å². The van der Waals surface area contributed by atoms with Crippen molar-refractivity contribution in [3.8, 4) is 11.5 Å². The molecule has 2 amide bonds. The second-order valence-corrected chi connectivity index (χ2v) is 7.64. The van der Waals surface area contributed by atoms with Crippen LogP contribution >= 0.6 is 15.9 Å². The topological polar surface area (TPSA) is 71.1 Å². The Kier molecular flexibility index (Phi) is 5.50. The van der Waals surface area contributed by atoms with Gasteiger partial charge in [-0.3, -0.25) is 14.5 Å². The average Bonchev–Trinajstić information content (AvgIpc) is 3.16. The molecule has 146 valence electrons. The van der Waals surface area contributed by atoms with Crippen molar-refractivity contribution in [2.24, 2.45) is 0 Å². The van der Waals surface area contributed by atoms with Crippen molar-refractivity contribution < 1.29 is 19.1 Å². The molecule has 2 aliphatic heterocycles. The number of nitrogens with zero attached hydrogens (tertiary/aromatic N) is 2. The first-order chi connectivity index (χ1) is 13.6. The van der Waals surface area contributed by atoms with Gasteiger partial charge in [0.2, 0.25) is 6.79 Å². The van der Waals surface area contributed by atoms with E-state index >= 15 is 0 Å². The summed E-state index contributed by atoms with van der Waals surface area (Å²) in [6.07, 6.45) is 0. The van der Waals surface area contributed by atoms with Gasteiger partial charge < -0.3 is 19.7 Å². The minimum Gasteiger partial charge on any atom is -0.454 e. The van der Waals surface area contributed by atoms with Gasteiger partial charge in [-0.1, -0.05) is 28.1 Å².